The first-order chi connectivity index (χ1) is 13.7. The van der Waals surface area contributed by atoms with Gasteiger partial charge >= 0.3 is 0 Å². The molecule has 3 aromatic rings. The van der Waals surface area contributed by atoms with Gasteiger partial charge in [0.2, 0.25) is 5.91 Å². The van der Waals surface area contributed by atoms with Crippen LogP contribution < -0.4 is 5.32 Å². The summed E-state index contributed by atoms with van der Waals surface area (Å²) in [4.78, 5) is 16.4. The maximum atomic E-state index is 13.3. The minimum atomic E-state index is -3.50. The van der Waals surface area contributed by atoms with E-state index in [9.17, 15) is 22.0 Å². The van der Waals surface area contributed by atoms with E-state index in [4.69, 9.17) is 11.6 Å². The van der Waals surface area contributed by atoms with Crippen molar-refractivity contribution in [3.8, 4) is 11.3 Å². The zero-order chi connectivity index (χ0) is 21.0. The number of anilines is 1. The Bertz CT molecular complexity index is 1130. The third-order valence-electron chi connectivity index (χ3n) is 3.96. The van der Waals surface area contributed by atoms with E-state index in [1.165, 1.54) is 30.3 Å². The van der Waals surface area contributed by atoms with E-state index >= 15 is 0 Å². The molecule has 29 heavy (non-hydrogen) atoms. The van der Waals surface area contributed by atoms with Gasteiger partial charge in [-0.15, -0.1) is 11.3 Å². The van der Waals surface area contributed by atoms with Crippen LogP contribution in [0.15, 0.2) is 52.7 Å². The van der Waals surface area contributed by atoms with Crippen molar-refractivity contribution in [3.63, 3.8) is 0 Å². The molecule has 0 bridgehead atoms. The van der Waals surface area contributed by atoms with Gasteiger partial charge in [-0.1, -0.05) is 11.6 Å². The Balaban J connectivity index is 1.54. The molecule has 1 heterocycles. The van der Waals surface area contributed by atoms with Crippen LogP contribution >= 0.6 is 22.9 Å². The highest BCUT2D eigenvalue weighted by Crippen LogP contribution is 2.26. The first-order valence-electron chi connectivity index (χ1n) is 8.44. The number of nitrogens with zero attached hydrogens (tertiary/aromatic N) is 1. The Kier molecular flexibility index (Phi) is 6.61. The van der Waals surface area contributed by atoms with Gasteiger partial charge in [0.05, 0.1) is 16.3 Å². The van der Waals surface area contributed by atoms with E-state index < -0.39 is 21.5 Å². The Morgan fingerprint density at radius 2 is 1.83 bits per heavy atom. The van der Waals surface area contributed by atoms with E-state index in [2.05, 4.69) is 10.3 Å². The van der Waals surface area contributed by atoms with Gasteiger partial charge in [0.15, 0.2) is 26.6 Å². The molecule has 0 fully saturated rings. The molecule has 0 spiro atoms. The molecule has 0 radical (unpaired) electrons. The van der Waals surface area contributed by atoms with Gasteiger partial charge in [-0.05, 0) is 48.9 Å². The molecule has 0 unspecified atom stereocenters. The van der Waals surface area contributed by atoms with E-state index in [0.717, 1.165) is 23.5 Å². The summed E-state index contributed by atoms with van der Waals surface area (Å²) in [6.45, 7) is 0. The first-order valence-corrected chi connectivity index (χ1v) is 11.3. The van der Waals surface area contributed by atoms with Gasteiger partial charge in [0.1, 0.15) is 0 Å². The highest BCUT2D eigenvalue weighted by molar-refractivity contribution is 7.91. The lowest BCUT2D eigenvalue weighted by atomic mass is 10.2. The standard InChI is InChI=1S/C19H15ClF2N2O3S2/c20-13-4-6-14(7-5-13)29(26,27)9-1-2-18(25)24-19-23-17(11-28-19)12-3-8-15(21)16(22)10-12/h3-8,10-11H,1-2,9H2,(H,23,24,25). The molecule has 1 N–H and O–H groups in total. The van der Waals surface area contributed by atoms with Gasteiger partial charge < -0.3 is 5.32 Å². The quantitative estimate of drug-likeness (QED) is 0.546. The lowest BCUT2D eigenvalue weighted by Gasteiger charge is -2.05. The summed E-state index contributed by atoms with van der Waals surface area (Å²) in [5, 5.41) is 4.91. The van der Waals surface area contributed by atoms with E-state index in [0.29, 0.717) is 16.3 Å². The van der Waals surface area contributed by atoms with Crippen molar-refractivity contribution in [3.05, 3.63) is 64.5 Å². The maximum Gasteiger partial charge on any atom is 0.226 e. The van der Waals surface area contributed by atoms with Gasteiger partial charge in [-0.3, -0.25) is 4.79 Å². The molecular formula is C19H15ClF2N2O3S2. The molecule has 0 aliphatic rings. The molecule has 10 heteroatoms. The number of amides is 1. The van der Waals surface area contributed by atoms with Crippen molar-refractivity contribution in [1.82, 2.24) is 4.98 Å². The summed E-state index contributed by atoms with van der Waals surface area (Å²) >= 11 is 6.88. The molecule has 0 saturated heterocycles. The van der Waals surface area contributed by atoms with Crippen molar-refractivity contribution >= 4 is 43.8 Å². The first kappa shape index (κ1) is 21.4. The Hall–Kier alpha value is -2.36. The minimum absolute atomic E-state index is 0.00703. The normalized spacial score (nSPS) is 11.4. The molecule has 3 rings (SSSR count). The van der Waals surface area contributed by atoms with Crippen molar-refractivity contribution in [2.45, 2.75) is 17.7 Å². The van der Waals surface area contributed by atoms with Crippen LogP contribution in [0.5, 0.6) is 0 Å². The van der Waals surface area contributed by atoms with Gasteiger partial charge in [-0.25, -0.2) is 22.2 Å². The second kappa shape index (κ2) is 8.98. The van der Waals surface area contributed by atoms with Crippen LogP contribution in [0.4, 0.5) is 13.9 Å². The number of carbonyl (C=O) groups is 1. The van der Waals surface area contributed by atoms with Crippen LogP contribution in [0.2, 0.25) is 5.02 Å². The van der Waals surface area contributed by atoms with Crippen molar-refractivity contribution in [2.75, 3.05) is 11.1 Å². The fourth-order valence-corrected chi connectivity index (χ4v) is 4.66. The van der Waals surface area contributed by atoms with Gasteiger partial charge in [0.25, 0.3) is 0 Å². The molecular weight excluding hydrogens is 442 g/mol. The Morgan fingerprint density at radius 3 is 2.52 bits per heavy atom. The second-order valence-corrected chi connectivity index (χ2v) is 9.49. The molecule has 5 nitrogen and oxygen atoms in total. The topological polar surface area (TPSA) is 76.1 Å². The monoisotopic (exact) mass is 456 g/mol. The number of halogens is 3. The summed E-state index contributed by atoms with van der Waals surface area (Å²) in [5.74, 6) is -2.50. The lowest BCUT2D eigenvalue weighted by Crippen LogP contribution is -2.14. The summed E-state index contributed by atoms with van der Waals surface area (Å²) in [7, 11) is -3.50. The number of sulfone groups is 1. The average Bonchev–Trinajstić information content (AvgIpc) is 3.12. The third-order valence-corrected chi connectivity index (χ3v) is 6.78. The number of aromatic nitrogens is 1. The van der Waals surface area contributed by atoms with Crippen LogP contribution in [-0.2, 0) is 14.6 Å². The predicted molar refractivity (Wildman–Crippen MR) is 109 cm³/mol. The van der Waals surface area contributed by atoms with E-state index in [-0.39, 0.29) is 34.5 Å². The number of benzene rings is 2. The highest BCUT2D eigenvalue weighted by atomic mass is 35.5. The van der Waals surface area contributed by atoms with Crippen molar-refractivity contribution in [2.24, 2.45) is 0 Å². The van der Waals surface area contributed by atoms with Crippen LogP contribution in [0, 0.1) is 11.6 Å². The predicted octanol–water partition coefficient (Wildman–Crippen LogP) is 4.93. The SMILES string of the molecule is O=C(CCCS(=O)(=O)c1ccc(Cl)cc1)Nc1nc(-c2ccc(F)c(F)c2)cs1. The number of rotatable bonds is 7. The number of carbonyl (C=O) groups excluding carboxylic acids is 1. The van der Waals surface area contributed by atoms with E-state index in [1.807, 2.05) is 0 Å². The zero-order valence-corrected chi connectivity index (χ0v) is 17.3. The third kappa shape index (κ3) is 5.59. The largest absolute Gasteiger partial charge is 0.302 e. The Labute approximate surface area is 175 Å². The molecule has 1 amide bonds. The van der Waals surface area contributed by atoms with Crippen LogP contribution in [0.1, 0.15) is 12.8 Å². The number of hydrogen-bond acceptors (Lipinski definition) is 5. The molecule has 152 valence electrons. The highest BCUT2D eigenvalue weighted by Gasteiger charge is 2.16. The summed E-state index contributed by atoms with van der Waals surface area (Å²) in [6.07, 6.45) is 0.130. The number of nitrogens with one attached hydrogen (secondary N) is 1. The smallest absolute Gasteiger partial charge is 0.226 e. The number of hydrogen-bond donors (Lipinski definition) is 1. The molecule has 0 aliphatic carbocycles. The zero-order valence-electron chi connectivity index (χ0n) is 14.9. The Morgan fingerprint density at radius 1 is 1.10 bits per heavy atom. The maximum absolute atomic E-state index is 13.3. The molecule has 2 aromatic carbocycles. The molecule has 0 atom stereocenters. The molecule has 0 aliphatic heterocycles. The molecule has 0 saturated carbocycles. The second-order valence-electron chi connectivity index (χ2n) is 6.09. The summed E-state index contributed by atoms with van der Waals surface area (Å²) in [5.41, 5.74) is 0.782. The number of thiazole rings is 1. The fourth-order valence-electron chi connectivity index (χ4n) is 2.48. The average molecular weight is 457 g/mol. The van der Waals surface area contributed by atoms with Crippen molar-refractivity contribution < 1.29 is 22.0 Å². The van der Waals surface area contributed by atoms with E-state index in [1.54, 1.807) is 5.38 Å². The van der Waals surface area contributed by atoms with Crippen LogP contribution in [-0.4, -0.2) is 25.1 Å². The fraction of sp³-hybridized carbons (Fsp3) is 0.158. The summed E-state index contributed by atoms with van der Waals surface area (Å²) < 4.78 is 50.9. The molecule has 1 aromatic heterocycles. The summed E-state index contributed by atoms with van der Waals surface area (Å²) in [6, 6.07) is 9.25. The van der Waals surface area contributed by atoms with Gasteiger partial charge in [-0.2, -0.15) is 0 Å². The van der Waals surface area contributed by atoms with Crippen molar-refractivity contribution in [1.29, 1.82) is 0 Å². The van der Waals surface area contributed by atoms with Gasteiger partial charge in [0, 0.05) is 22.4 Å². The lowest BCUT2D eigenvalue weighted by molar-refractivity contribution is -0.116. The van der Waals surface area contributed by atoms with Crippen LogP contribution in [0.3, 0.4) is 0 Å². The van der Waals surface area contributed by atoms with Crippen LogP contribution in [0.25, 0.3) is 11.3 Å². The minimum Gasteiger partial charge on any atom is -0.302 e.